The maximum Gasteiger partial charge on any atom is 0.348 e. The van der Waals surface area contributed by atoms with Crippen LogP contribution in [0.1, 0.15) is 38.5 Å². The summed E-state index contributed by atoms with van der Waals surface area (Å²) in [6.45, 7) is 2.31. The van der Waals surface area contributed by atoms with E-state index in [2.05, 4.69) is 31.5 Å². The molecular formula is C32H35ClN6O9. The van der Waals surface area contributed by atoms with Crippen molar-refractivity contribution in [1.29, 1.82) is 0 Å². The van der Waals surface area contributed by atoms with Crippen molar-refractivity contribution in [3.8, 4) is 12.3 Å². The van der Waals surface area contributed by atoms with Gasteiger partial charge in [-0.1, -0.05) is 36.3 Å². The Hall–Kier alpha value is -4.78. The van der Waals surface area contributed by atoms with Gasteiger partial charge in [0.15, 0.2) is 23.2 Å². The van der Waals surface area contributed by atoms with E-state index in [0.29, 0.717) is 29.4 Å². The number of nitrogens with one attached hydrogen (secondary N) is 2. The number of fused-ring (bicyclic) bond motifs is 1. The molecule has 2 aliphatic rings. The molecule has 5 atom stereocenters. The summed E-state index contributed by atoms with van der Waals surface area (Å²) < 4.78 is 30.4. The number of nitrogens with zero attached hydrogens (tertiary/aromatic N) is 4. The van der Waals surface area contributed by atoms with Crippen molar-refractivity contribution in [2.45, 2.75) is 62.7 Å². The Morgan fingerprint density at radius 1 is 1.17 bits per heavy atom. The third kappa shape index (κ3) is 6.77. The minimum atomic E-state index is -2.23. The van der Waals surface area contributed by atoms with Crippen LogP contribution in [-0.2, 0) is 49.3 Å². The van der Waals surface area contributed by atoms with Gasteiger partial charge in [0.1, 0.15) is 6.10 Å². The molecule has 1 aromatic carbocycles. The lowest BCUT2D eigenvalue weighted by Crippen LogP contribution is -2.59. The van der Waals surface area contributed by atoms with Crippen LogP contribution in [0, 0.1) is 18.3 Å². The first-order valence-corrected chi connectivity index (χ1v) is 15.5. The van der Waals surface area contributed by atoms with Crippen molar-refractivity contribution < 1.29 is 42.9 Å². The van der Waals surface area contributed by atoms with Gasteiger partial charge in [0, 0.05) is 33.9 Å². The second kappa shape index (κ2) is 14.1. The second-order valence-corrected chi connectivity index (χ2v) is 11.8. The Bertz CT molecular complexity index is 1720. The lowest BCUT2D eigenvalue weighted by atomic mass is 9.90. The van der Waals surface area contributed by atoms with Gasteiger partial charge in [-0.25, -0.2) is 9.78 Å². The summed E-state index contributed by atoms with van der Waals surface area (Å²) in [6.07, 6.45) is 5.15. The lowest BCUT2D eigenvalue weighted by Gasteiger charge is -2.35. The van der Waals surface area contributed by atoms with E-state index in [1.807, 2.05) is 0 Å². The van der Waals surface area contributed by atoms with Crippen LogP contribution in [0.3, 0.4) is 0 Å². The van der Waals surface area contributed by atoms with E-state index in [4.69, 9.17) is 41.7 Å². The normalized spacial score (nSPS) is 23.0. The Morgan fingerprint density at radius 2 is 1.90 bits per heavy atom. The van der Waals surface area contributed by atoms with Gasteiger partial charge in [-0.2, -0.15) is 9.97 Å². The monoisotopic (exact) mass is 682 g/mol. The predicted octanol–water partition coefficient (Wildman–Crippen LogP) is 1.98. The van der Waals surface area contributed by atoms with Crippen LogP contribution in [0.4, 0.5) is 5.82 Å². The van der Waals surface area contributed by atoms with E-state index in [9.17, 15) is 19.2 Å². The summed E-state index contributed by atoms with van der Waals surface area (Å²) in [7, 11) is 2.45. The largest absolute Gasteiger partial charge is 0.466 e. The summed E-state index contributed by atoms with van der Waals surface area (Å²) in [5.74, 6) is -0.0922. The number of anilines is 1. The van der Waals surface area contributed by atoms with E-state index in [0.717, 1.165) is 33.8 Å². The Kier molecular flexibility index (Phi) is 10.2. The standard InChI is InChI=1S/C32H35ClN6O9/c1-6-31(48-19(3)41)22(16-45-32(28(42)34-4,29(43)44-5)14-20-10-8-7-9-11-20)47-27(24(31)46-18(2)40)39-17-36-23-25(35-15-21-12-13-21)37-30(33)38-26(23)39/h1,7-11,17,21-22,24,27H,12-16H2,2-5H3,(H,34,42)(H,35,37,38)/t22-,24+,27-,31-,32?/m1/s1. The number of hydrogen-bond donors (Lipinski definition) is 2. The fourth-order valence-electron chi connectivity index (χ4n) is 5.65. The van der Waals surface area contributed by atoms with Gasteiger partial charge >= 0.3 is 17.9 Å². The highest BCUT2D eigenvalue weighted by Gasteiger charge is 2.63. The average Bonchev–Trinajstić information content (AvgIpc) is 3.74. The highest BCUT2D eigenvalue weighted by atomic mass is 35.5. The quantitative estimate of drug-likeness (QED) is 0.0879. The van der Waals surface area contributed by atoms with Gasteiger partial charge in [-0.15, -0.1) is 6.42 Å². The number of imidazole rings is 1. The number of halogens is 1. The fourth-order valence-corrected chi connectivity index (χ4v) is 5.82. The minimum absolute atomic E-state index is 0.0954. The SMILES string of the molecule is C#C[C@@]1(OC(C)=O)[C@@H](COC(Cc2ccccc2)(C(=O)NC)C(=O)OC)O[C@@H](n2cnc3c(NCC4CC4)nc(Cl)nc32)[C@@H]1OC(C)=O. The van der Waals surface area contributed by atoms with Crippen molar-refractivity contribution in [3.63, 3.8) is 0 Å². The van der Waals surface area contributed by atoms with Crippen molar-refractivity contribution in [3.05, 3.63) is 47.5 Å². The van der Waals surface area contributed by atoms with E-state index >= 15 is 0 Å². The molecule has 1 aliphatic heterocycles. The van der Waals surface area contributed by atoms with Crippen molar-refractivity contribution in [1.82, 2.24) is 24.8 Å². The van der Waals surface area contributed by atoms with Crippen LogP contribution in [0.2, 0.25) is 5.28 Å². The summed E-state index contributed by atoms with van der Waals surface area (Å²) >= 11 is 6.31. The van der Waals surface area contributed by atoms with Crippen LogP contribution < -0.4 is 10.6 Å². The zero-order valence-corrected chi connectivity index (χ0v) is 27.5. The van der Waals surface area contributed by atoms with Crippen LogP contribution in [-0.4, -0.2) is 94.1 Å². The molecule has 2 N–H and O–H groups in total. The number of carbonyl (C=O) groups is 4. The highest BCUT2D eigenvalue weighted by molar-refractivity contribution is 6.28. The van der Waals surface area contributed by atoms with E-state index in [1.54, 1.807) is 30.3 Å². The number of likely N-dealkylation sites (N-methyl/N-ethyl adjacent to an activating group) is 1. The van der Waals surface area contributed by atoms with Gasteiger partial charge in [0.25, 0.3) is 5.91 Å². The molecule has 0 spiro atoms. The number of methoxy groups -OCH3 is 1. The van der Waals surface area contributed by atoms with Crippen LogP contribution in [0.15, 0.2) is 36.7 Å². The molecule has 3 aromatic rings. The molecule has 1 aliphatic carbocycles. The Morgan fingerprint density at radius 3 is 2.50 bits per heavy atom. The van der Waals surface area contributed by atoms with E-state index < -0.39 is 60.1 Å². The summed E-state index contributed by atoms with van der Waals surface area (Å²) in [6, 6.07) is 8.66. The molecular weight excluding hydrogens is 648 g/mol. The Balaban J connectivity index is 1.58. The van der Waals surface area contributed by atoms with Crippen LogP contribution in [0.5, 0.6) is 0 Å². The zero-order valence-electron chi connectivity index (χ0n) is 26.7. The number of carbonyl (C=O) groups excluding carboxylic acids is 4. The number of amides is 1. The van der Waals surface area contributed by atoms with Crippen LogP contribution in [0.25, 0.3) is 11.2 Å². The first kappa shape index (κ1) is 34.6. The number of aromatic nitrogens is 4. The molecule has 2 aromatic heterocycles. The number of esters is 3. The maximum atomic E-state index is 13.4. The molecule has 2 fully saturated rings. The molecule has 3 heterocycles. The second-order valence-electron chi connectivity index (χ2n) is 11.4. The Labute approximate surface area is 281 Å². The van der Waals surface area contributed by atoms with Crippen LogP contribution >= 0.6 is 11.6 Å². The molecule has 16 heteroatoms. The van der Waals surface area contributed by atoms with E-state index in [-0.39, 0.29) is 17.4 Å². The van der Waals surface area contributed by atoms with Gasteiger partial charge < -0.3 is 34.3 Å². The summed E-state index contributed by atoms with van der Waals surface area (Å²) in [5, 5.41) is 5.61. The molecule has 1 unspecified atom stereocenters. The number of benzene rings is 1. The molecule has 15 nitrogen and oxygen atoms in total. The molecule has 0 bridgehead atoms. The number of hydrogen-bond acceptors (Lipinski definition) is 13. The van der Waals surface area contributed by atoms with E-state index in [1.165, 1.54) is 17.9 Å². The predicted molar refractivity (Wildman–Crippen MR) is 169 cm³/mol. The molecule has 254 valence electrons. The minimum Gasteiger partial charge on any atom is -0.466 e. The summed E-state index contributed by atoms with van der Waals surface area (Å²) in [4.78, 5) is 64.9. The molecule has 0 radical (unpaired) electrons. The fraction of sp³-hybridized carbons (Fsp3) is 0.469. The van der Waals surface area contributed by atoms with Gasteiger partial charge in [0.05, 0.1) is 20.0 Å². The zero-order chi connectivity index (χ0) is 34.6. The molecule has 48 heavy (non-hydrogen) atoms. The number of rotatable bonds is 13. The van der Waals surface area contributed by atoms with Gasteiger partial charge in [-0.3, -0.25) is 19.0 Å². The lowest BCUT2D eigenvalue weighted by molar-refractivity contribution is -0.189. The van der Waals surface area contributed by atoms with Gasteiger partial charge in [-0.05, 0) is 35.9 Å². The summed E-state index contributed by atoms with van der Waals surface area (Å²) in [5.41, 5.74) is -3.24. The smallest absolute Gasteiger partial charge is 0.348 e. The molecule has 1 saturated heterocycles. The number of terminal acetylenes is 1. The van der Waals surface area contributed by atoms with Crippen molar-refractivity contribution in [2.24, 2.45) is 5.92 Å². The third-order valence-corrected chi connectivity index (χ3v) is 8.27. The van der Waals surface area contributed by atoms with Crippen molar-refractivity contribution >= 4 is 52.4 Å². The number of ether oxygens (including phenoxy) is 5. The third-order valence-electron chi connectivity index (χ3n) is 8.10. The molecule has 1 amide bonds. The highest BCUT2D eigenvalue weighted by Crippen LogP contribution is 2.44. The van der Waals surface area contributed by atoms with Crippen molar-refractivity contribution in [2.75, 3.05) is 32.6 Å². The first-order chi connectivity index (χ1) is 23.0. The molecule has 5 rings (SSSR count). The van der Waals surface area contributed by atoms with Gasteiger partial charge in [0.2, 0.25) is 22.6 Å². The maximum absolute atomic E-state index is 13.4. The topological polar surface area (TPSA) is 182 Å². The first-order valence-electron chi connectivity index (χ1n) is 15.1. The molecule has 1 saturated carbocycles. The average molecular weight is 683 g/mol.